The predicted molar refractivity (Wildman–Crippen MR) is 143 cm³/mol. The molecule has 0 aliphatic heterocycles. The minimum Gasteiger partial charge on any atom is -0.457 e. The number of hydrogen-bond donors (Lipinski definition) is 1. The molecule has 1 fully saturated rings. The summed E-state index contributed by atoms with van der Waals surface area (Å²) in [4.78, 5) is 24.6. The van der Waals surface area contributed by atoms with Crippen LogP contribution in [0.3, 0.4) is 0 Å². The number of anilines is 1. The summed E-state index contributed by atoms with van der Waals surface area (Å²) in [7, 11) is 0. The summed E-state index contributed by atoms with van der Waals surface area (Å²) in [5.74, 6) is 0.411. The van der Waals surface area contributed by atoms with Gasteiger partial charge in [-0.25, -0.2) is 4.79 Å². The molecule has 0 unspecified atom stereocenters. The van der Waals surface area contributed by atoms with Crippen molar-refractivity contribution in [3.05, 3.63) is 88.4 Å². The minimum absolute atomic E-state index is 0.181. The van der Waals surface area contributed by atoms with Crippen molar-refractivity contribution in [2.45, 2.75) is 64.4 Å². The normalized spacial score (nSPS) is 18.2. The Morgan fingerprint density at radius 3 is 2.36 bits per heavy atom. The molecule has 1 aromatic heterocycles. The Labute approximate surface area is 216 Å². The van der Waals surface area contributed by atoms with E-state index in [-0.39, 0.29) is 11.9 Å². The van der Waals surface area contributed by atoms with Gasteiger partial charge in [-0.2, -0.15) is 0 Å². The monoisotopic (exact) mass is 503 g/mol. The number of esters is 1. The molecule has 0 saturated heterocycles. The van der Waals surface area contributed by atoms with E-state index in [9.17, 15) is 9.59 Å². The largest absolute Gasteiger partial charge is 0.457 e. The van der Waals surface area contributed by atoms with Crippen molar-refractivity contribution in [2.75, 3.05) is 5.32 Å². The molecule has 1 aliphatic rings. The number of carbonyl (C=O) groups is 2. The average molecular weight is 504 g/mol. The molecule has 1 aliphatic carbocycles. The van der Waals surface area contributed by atoms with Crippen LogP contribution in [0.4, 0.5) is 5.13 Å². The lowest BCUT2D eigenvalue weighted by Gasteiger charge is -2.27. The first-order valence-corrected chi connectivity index (χ1v) is 13.3. The third-order valence-corrected chi connectivity index (χ3v) is 7.05. The average Bonchev–Trinajstić information content (AvgIpc) is 3.29. The van der Waals surface area contributed by atoms with Crippen LogP contribution in [-0.2, 0) is 16.0 Å². The molecule has 0 atom stereocenters. The van der Waals surface area contributed by atoms with E-state index in [0.717, 1.165) is 36.3 Å². The molecule has 188 valence electrons. The van der Waals surface area contributed by atoms with Crippen LogP contribution in [0, 0.1) is 5.92 Å². The SMILES string of the molecule is CC(C)(C)OC(=O)/C=C/C1CCC(c2ccc(C(=O)Nc3nnc(Cc4ccccc4)s3)cc2)CC1. The Morgan fingerprint density at radius 1 is 1.00 bits per heavy atom. The third-order valence-electron chi connectivity index (χ3n) is 6.21. The van der Waals surface area contributed by atoms with E-state index in [0.29, 0.717) is 29.0 Å². The second-order valence-electron chi connectivity index (χ2n) is 10.2. The fourth-order valence-corrected chi connectivity index (χ4v) is 5.19. The first-order valence-electron chi connectivity index (χ1n) is 12.4. The maximum Gasteiger partial charge on any atom is 0.330 e. The van der Waals surface area contributed by atoms with E-state index < -0.39 is 5.60 Å². The summed E-state index contributed by atoms with van der Waals surface area (Å²) in [5.41, 5.74) is 2.55. The zero-order valence-electron chi connectivity index (χ0n) is 21.1. The molecule has 4 rings (SSSR count). The van der Waals surface area contributed by atoms with E-state index in [2.05, 4.69) is 39.8 Å². The van der Waals surface area contributed by atoms with E-state index in [1.807, 2.05) is 57.2 Å². The fraction of sp³-hybridized carbons (Fsp3) is 0.379. The van der Waals surface area contributed by atoms with Gasteiger partial charge in [0.1, 0.15) is 10.6 Å². The highest BCUT2D eigenvalue weighted by molar-refractivity contribution is 7.15. The Kier molecular flexibility index (Phi) is 8.31. The van der Waals surface area contributed by atoms with E-state index in [1.54, 1.807) is 6.08 Å². The van der Waals surface area contributed by atoms with Crippen LogP contribution in [0.15, 0.2) is 66.7 Å². The predicted octanol–water partition coefficient (Wildman–Crippen LogP) is 6.55. The number of carbonyl (C=O) groups excluding carboxylic acids is 2. The summed E-state index contributed by atoms with van der Waals surface area (Å²) in [6.45, 7) is 5.62. The van der Waals surface area contributed by atoms with Gasteiger partial charge in [-0.3, -0.25) is 10.1 Å². The van der Waals surface area contributed by atoms with Gasteiger partial charge < -0.3 is 4.74 Å². The molecule has 3 aromatic rings. The maximum atomic E-state index is 12.7. The van der Waals surface area contributed by atoms with Crippen molar-refractivity contribution < 1.29 is 14.3 Å². The van der Waals surface area contributed by atoms with Gasteiger partial charge in [0.15, 0.2) is 0 Å². The smallest absolute Gasteiger partial charge is 0.330 e. The van der Waals surface area contributed by atoms with E-state index >= 15 is 0 Å². The van der Waals surface area contributed by atoms with Crippen molar-refractivity contribution in [3.63, 3.8) is 0 Å². The van der Waals surface area contributed by atoms with Crippen LogP contribution in [0.5, 0.6) is 0 Å². The first-order chi connectivity index (χ1) is 17.2. The van der Waals surface area contributed by atoms with Crippen LogP contribution in [0.25, 0.3) is 0 Å². The lowest BCUT2D eigenvalue weighted by Crippen LogP contribution is -2.22. The Hall–Kier alpha value is -3.32. The molecule has 36 heavy (non-hydrogen) atoms. The number of hydrogen-bond acceptors (Lipinski definition) is 6. The van der Waals surface area contributed by atoms with Crippen molar-refractivity contribution in [3.8, 4) is 0 Å². The number of benzene rings is 2. The fourth-order valence-electron chi connectivity index (χ4n) is 4.42. The zero-order valence-corrected chi connectivity index (χ0v) is 21.9. The highest BCUT2D eigenvalue weighted by Gasteiger charge is 2.22. The third kappa shape index (κ3) is 7.59. The standard InChI is InChI=1S/C29H33N3O3S/c1-29(2,3)35-26(33)18-11-20-9-12-22(13-10-20)23-14-16-24(17-15-23)27(34)30-28-32-31-25(36-28)19-21-7-5-4-6-8-21/h4-8,11,14-18,20,22H,9-10,12-13,19H2,1-3H3,(H,30,32,34)/b18-11+. The lowest BCUT2D eigenvalue weighted by atomic mass is 9.78. The molecule has 2 aromatic carbocycles. The first kappa shape index (κ1) is 25.8. The maximum absolute atomic E-state index is 12.7. The van der Waals surface area contributed by atoms with Crippen LogP contribution in [0.2, 0.25) is 0 Å². The topological polar surface area (TPSA) is 81.2 Å². The molecule has 1 heterocycles. The Morgan fingerprint density at radius 2 is 1.69 bits per heavy atom. The van der Waals surface area contributed by atoms with Crippen molar-refractivity contribution >= 4 is 28.3 Å². The molecule has 1 amide bonds. The molecule has 6 nitrogen and oxygen atoms in total. The number of rotatable bonds is 7. The minimum atomic E-state index is -0.468. The molecule has 0 spiro atoms. The summed E-state index contributed by atoms with van der Waals surface area (Å²) in [6, 6.07) is 17.9. The molecule has 0 radical (unpaired) electrons. The molecule has 7 heteroatoms. The second-order valence-corrected chi connectivity index (χ2v) is 11.3. The summed E-state index contributed by atoms with van der Waals surface area (Å²) in [5, 5.41) is 12.6. The van der Waals surface area contributed by atoms with E-state index in [1.165, 1.54) is 16.9 Å². The molecule has 0 bridgehead atoms. The van der Waals surface area contributed by atoms with Crippen LogP contribution >= 0.6 is 11.3 Å². The Bertz CT molecular complexity index is 1190. The molecule has 1 N–H and O–H groups in total. The van der Waals surface area contributed by atoms with Gasteiger partial charge in [-0.15, -0.1) is 10.2 Å². The highest BCUT2D eigenvalue weighted by atomic mass is 32.1. The summed E-state index contributed by atoms with van der Waals surface area (Å²) < 4.78 is 5.35. The quantitative estimate of drug-likeness (QED) is 0.292. The van der Waals surface area contributed by atoms with Crippen molar-refractivity contribution in [1.82, 2.24) is 10.2 Å². The zero-order chi connectivity index (χ0) is 25.5. The van der Waals surface area contributed by atoms with Gasteiger partial charge >= 0.3 is 5.97 Å². The molecular formula is C29H33N3O3S. The van der Waals surface area contributed by atoms with Gasteiger partial charge in [0.05, 0.1) is 0 Å². The number of allylic oxidation sites excluding steroid dienone is 1. The second kappa shape index (κ2) is 11.6. The van der Waals surface area contributed by atoms with Crippen LogP contribution in [-0.4, -0.2) is 27.7 Å². The Balaban J connectivity index is 1.26. The molecular weight excluding hydrogens is 470 g/mol. The number of nitrogens with one attached hydrogen (secondary N) is 1. The number of aromatic nitrogens is 2. The molecule has 1 saturated carbocycles. The highest BCUT2D eigenvalue weighted by Crippen LogP contribution is 2.36. The van der Waals surface area contributed by atoms with Gasteiger partial charge in [0, 0.05) is 18.1 Å². The van der Waals surface area contributed by atoms with Gasteiger partial charge in [0.2, 0.25) is 5.13 Å². The van der Waals surface area contributed by atoms with Crippen molar-refractivity contribution in [1.29, 1.82) is 0 Å². The van der Waals surface area contributed by atoms with Crippen LogP contribution in [0.1, 0.15) is 78.9 Å². The van der Waals surface area contributed by atoms with Crippen molar-refractivity contribution in [2.24, 2.45) is 5.92 Å². The lowest BCUT2D eigenvalue weighted by molar-refractivity contribution is -0.148. The number of ether oxygens (including phenoxy) is 1. The number of nitrogens with zero attached hydrogens (tertiary/aromatic N) is 2. The summed E-state index contributed by atoms with van der Waals surface area (Å²) in [6.07, 6.45) is 8.46. The van der Waals surface area contributed by atoms with Gasteiger partial charge in [0.25, 0.3) is 5.91 Å². The van der Waals surface area contributed by atoms with Gasteiger partial charge in [-0.1, -0.05) is 59.9 Å². The summed E-state index contributed by atoms with van der Waals surface area (Å²) >= 11 is 1.40. The van der Waals surface area contributed by atoms with E-state index in [4.69, 9.17) is 4.74 Å². The van der Waals surface area contributed by atoms with Gasteiger partial charge in [-0.05, 0) is 81.5 Å². The van der Waals surface area contributed by atoms with Crippen LogP contribution < -0.4 is 5.32 Å². The number of amides is 1.